The Bertz CT molecular complexity index is 474. The second kappa shape index (κ2) is 5.21. The van der Waals surface area contributed by atoms with Crippen LogP contribution in [0.3, 0.4) is 0 Å². The largest absolute Gasteiger partial charge is 0.465 e. The first-order valence-electron chi connectivity index (χ1n) is 5.48. The molecule has 1 aliphatic rings. The summed E-state index contributed by atoms with van der Waals surface area (Å²) in [5.41, 5.74) is 5.92. The van der Waals surface area contributed by atoms with Crippen molar-refractivity contribution < 1.29 is 14.3 Å². The normalized spacial score (nSPS) is 16.1. The first-order chi connectivity index (χ1) is 8.63. The molecule has 2 heterocycles. The van der Waals surface area contributed by atoms with Gasteiger partial charge in [-0.05, 0) is 18.0 Å². The van der Waals surface area contributed by atoms with Crippen molar-refractivity contribution in [2.75, 3.05) is 37.4 Å². The van der Waals surface area contributed by atoms with Crippen LogP contribution < -0.4 is 16.0 Å². The lowest BCUT2D eigenvalue weighted by Gasteiger charge is -2.19. The smallest absolute Gasteiger partial charge is 0.344 e. The molecule has 3 N–H and O–H groups in total. The molecule has 0 unspecified atom stereocenters. The van der Waals surface area contributed by atoms with Gasteiger partial charge in [0.15, 0.2) is 5.82 Å². The highest BCUT2D eigenvalue weighted by Gasteiger charge is 2.26. The van der Waals surface area contributed by atoms with E-state index >= 15 is 0 Å². The molecule has 0 spiro atoms. The Labute approximate surface area is 108 Å². The van der Waals surface area contributed by atoms with Crippen LogP contribution in [0.1, 0.15) is 16.8 Å². The van der Waals surface area contributed by atoms with Crippen LogP contribution in [0, 0.1) is 0 Å². The Morgan fingerprint density at radius 1 is 1.61 bits per heavy atom. The Hall–Kier alpha value is -1.83. The third kappa shape index (κ3) is 2.37. The molecule has 0 aromatic carbocycles. The maximum atomic E-state index is 11.7. The number of ether oxygens (including phenoxy) is 1. The van der Waals surface area contributed by atoms with Crippen LogP contribution in [0.4, 0.5) is 10.8 Å². The number of hydrogen-bond donors (Lipinski definition) is 2. The molecule has 0 bridgehead atoms. The number of carbonyl (C=O) groups is 2. The summed E-state index contributed by atoms with van der Waals surface area (Å²) in [6, 6.07) is 0. The lowest BCUT2D eigenvalue weighted by atomic mass is 10.3. The number of nitrogens with zero attached hydrogens (tertiary/aromatic N) is 2. The average Bonchev–Trinajstić information content (AvgIpc) is 2.60. The highest BCUT2D eigenvalue weighted by molar-refractivity contribution is 7.11. The summed E-state index contributed by atoms with van der Waals surface area (Å²) in [6.45, 7) is 1.51. The van der Waals surface area contributed by atoms with Gasteiger partial charge in [0.05, 0.1) is 13.7 Å². The predicted octanol–water partition coefficient (Wildman–Crippen LogP) is -0.162. The SMILES string of the molecule is COC(=O)c1c(N)nsc1N1CCCNC(=O)C1. The molecule has 1 amide bonds. The van der Waals surface area contributed by atoms with Gasteiger partial charge in [0.25, 0.3) is 0 Å². The quantitative estimate of drug-likeness (QED) is 0.725. The van der Waals surface area contributed by atoms with E-state index in [1.807, 2.05) is 4.90 Å². The zero-order valence-electron chi connectivity index (χ0n) is 9.93. The van der Waals surface area contributed by atoms with E-state index in [1.165, 1.54) is 7.11 Å². The molecule has 0 radical (unpaired) electrons. The molecule has 7 nitrogen and oxygen atoms in total. The lowest BCUT2D eigenvalue weighted by Crippen LogP contribution is -2.33. The molecule has 1 aliphatic heterocycles. The first-order valence-corrected chi connectivity index (χ1v) is 6.26. The highest BCUT2D eigenvalue weighted by atomic mass is 32.1. The third-order valence-corrected chi connectivity index (χ3v) is 3.56. The monoisotopic (exact) mass is 270 g/mol. The maximum absolute atomic E-state index is 11.7. The number of methoxy groups -OCH3 is 1. The van der Waals surface area contributed by atoms with Gasteiger partial charge in [0, 0.05) is 13.1 Å². The van der Waals surface area contributed by atoms with Crippen LogP contribution in [-0.4, -0.2) is 43.0 Å². The number of amides is 1. The number of nitrogen functional groups attached to an aromatic ring is 1. The molecular weight excluding hydrogens is 256 g/mol. The van der Waals surface area contributed by atoms with E-state index in [-0.39, 0.29) is 23.8 Å². The van der Waals surface area contributed by atoms with Crippen molar-refractivity contribution >= 4 is 34.2 Å². The number of nitrogens with one attached hydrogen (secondary N) is 1. The Morgan fingerprint density at radius 3 is 3.11 bits per heavy atom. The zero-order valence-corrected chi connectivity index (χ0v) is 10.7. The molecule has 1 aromatic rings. The summed E-state index contributed by atoms with van der Waals surface area (Å²) in [7, 11) is 1.29. The number of nitrogens with two attached hydrogens (primary N) is 1. The van der Waals surface area contributed by atoms with Gasteiger partial charge in [0.2, 0.25) is 5.91 Å². The van der Waals surface area contributed by atoms with Gasteiger partial charge in [0.1, 0.15) is 10.6 Å². The van der Waals surface area contributed by atoms with Crippen LogP contribution in [0.15, 0.2) is 0 Å². The van der Waals surface area contributed by atoms with E-state index in [0.717, 1.165) is 18.0 Å². The molecule has 98 valence electrons. The van der Waals surface area contributed by atoms with Crippen molar-refractivity contribution in [1.29, 1.82) is 0 Å². The fourth-order valence-electron chi connectivity index (χ4n) is 1.78. The fourth-order valence-corrected chi connectivity index (χ4v) is 2.61. The summed E-state index contributed by atoms with van der Waals surface area (Å²) in [6.07, 6.45) is 0.810. The van der Waals surface area contributed by atoms with Crippen LogP contribution in [-0.2, 0) is 9.53 Å². The van der Waals surface area contributed by atoms with E-state index in [9.17, 15) is 9.59 Å². The minimum absolute atomic E-state index is 0.0738. The summed E-state index contributed by atoms with van der Waals surface area (Å²) in [5, 5.41) is 3.36. The number of hydrogen-bond acceptors (Lipinski definition) is 7. The maximum Gasteiger partial charge on any atom is 0.344 e. The van der Waals surface area contributed by atoms with Gasteiger partial charge in [-0.25, -0.2) is 4.79 Å². The van der Waals surface area contributed by atoms with Crippen molar-refractivity contribution in [2.24, 2.45) is 0 Å². The summed E-state index contributed by atoms with van der Waals surface area (Å²) in [4.78, 5) is 25.0. The van der Waals surface area contributed by atoms with Crippen molar-refractivity contribution in [3.05, 3.63) is 5.56 Å². The predicted molar refractivity (Wildman–Crippen MR) is 67.7 cm³/mol. The minimum Gasteiger partial charge on any atom is -0.465 e. The Morgan fingerprint density at radius 2 is 2.39 bits per heavy atom. The zero-order chi connectivity index (χ0) is 13.1. The first kappa shape index (κ1) is 12.6. The van der Waals surface area contributed by atoms with E-state index in [0.29, 0.717) is 18.1 Å². The van der Waals surface area contributed by atoms with Crippen molar-refractivity contribution in [3.8, 4) is 0 Å². The number of esters is 1. The summed E-state index contributed by atoms with van der Waals surface area (Å²) in [5.74, 6) is -0.456. The van der Waals surface area contributed by atoms with Crippen LogP contribution in [0.25, 0.3) is 0 Å². The van der Waals surface area contributed by atoms with E-state index in [4.69, 9.17) is 5.73 Å². The highest BCUT2D eigenvalue weighted by Crippen LogP contribution is 2.31. The number of aromatic nitrogens is 1. The van der Waals surface area contributed by atoms with Crippen LogP contribution in [0.2, 0.25) is 0 Å². The van der Waals surface area contributed by atoms with Gasteiger partial charge in [-0.15, -0.1) is 0 Å². The summed E-state index contributed by atoms with van der Waals surface area (Å²) < 4.78 is 8.65. The lowest BCUT2D eigenvalue weighted by molar-refractivity contribution is -0.119. The molecule has 2 rings (SSSR count). The molecule has 18 heavy (non-hydrogen) atoms. The van der Waals surface area contributed by atoms with Gasteiger partial charge in [-0.2, -0.15) is 4.37 Å². The number of anilines is 2. The topological polar surface area (TPSA) is 97.6 Å². The average molecular weight is 270 g/mol. The van der Waals surface area contributed by atoms with E-state index in [1.54, 1.807) is 0 Å². The number of rotatable bonds is 2. The molecule has 0 saturated carbocycles. The Balaban J connectivity index is 2.32. The molecule has 8 heteroatoms. The molecule has 0 atom stereocenters. The van der Waals surface area contributed by atoms with Crippen molar-refractivity contribution in [2.45, 2.75) is 6.42 Å². The number of carbonyl (C=O) groups excluding carboxylic acids is 2. The molecule has 0 aliphatic carbocycles. The van der Waals surface area contributed by atoms with Gasteiger partial charge >= 0.3 is 5.97 Å². The molecule has 1 saturated heterocycles. The minimum atomic E-state index is -0.527. The van der Waals surface area contributed by atoms with Gasteiger partial charge in [-0.1, -0.05) is 0 Å². The van der Waals surface area contributed by atoms with Gasteiger partial charge < -0.3 is 20.7 Å². The van der Waals surface area contributed by atoms with Crippen molar-refractivity contribution in [3.63, 3.8) is 0 Å². The fraction of sp³-hybridized carbons (Fsp3) is 0.500. The standard InChI is InChI=1S/C10H14N4O3S/c1-17-10(16)7-8(11)13-18-9(7)14-4-2-3-12-6(15)5-14/h2-5H2,1H3,(H2,11,13)(H,12,15). The van der Waals surface area contributed by atoms with Crippen molar-refractivity contribution in [1.82, 2.24) is 9.69 Å². The third-order valence-electron chi connectivity index (χ3n) is 2.64. The second-order valence-electron chi connectivity index (χ2n) is 3.86. The van der Waals surface area contributed by atoms with E-state index < -0.39 is 5.97 Å². The molecular formula is C10H14N4O3S. The van der Waals surface area contributed by atoms with Crippen LogP contribution >= 0.6 is 11.5 Å². The molecule has 1 fully saturated rings. The van der Waals surface area contributed by atoms with Crippen LogP contribution in [0.5, 0.6) is 0 Å². The Kier molecular flexibility index (Phi) is 3.66. The van der Waals surface area contributed by atoms with E-state index in [2.05, 4.69) is 14.4 Å². The second-order valence-corrected chi connectivity index (χ2v) is 4.62. The van der Waals surface area contributed by atoms with Gasteiger partial charge in [-0.3, -0.25) is 4.79 Å². The summed E-state index contributed by atoms with van der Waals surface area (Å²) >= 11 is 1.11. The molecule has 1 aromatic heterocycles.